The lowest BCUT2D eigenvalue weighted by Crippen LogP contribution is -1.87. The van der Waals surface area contributed by atoms with E-state index in [2.05, 4.69) is 24.0 Å². The molecule has 1 nitrogen and oxygen atoms in total. The van der Waals surface area contributed by atoms with E-state index in [-0.39, 0.29) is 5.52 Å². The van der Waals surface area contributed by atoms with Gasteiger partial charge in [-0.25, -0.2) is 13.8 Å². The molecule has 1 heterocycles. The number of halogens is 2. The van der Waals surface area contributed by atoms with Gasteiger partial charge in [0, 0.05) is 5.56 Å². The molecular weight excluding hydrogens is 312 g/mol. The fourth-order valence-corrected chi connectivity index (χ4v) is 3.60. The van der Waals surface area contributed by atoms with Crippen LogP contribution in [0.25, 0.3) is 20.8 Å². The second kappa shape index (κ2) is 7.18. The third kappa shape index (κ3) is 3.58. The van der Waals surface area contributed by atoms with Crippen LogP contribution in [-0.2, 0) is 6.42 Å². The molecule has 1 aromatic heterocycles. The average Bonchev–Trinajstić information content (AvgIpc) is 3.01. The third-order valence-electron chi connectivity index (χ3n) is 3.97. The van der Waals surface area contributed by atoms with Crippen molar-refractivity contribution in [1.29, 1.82) is 0 Å². The first kappa shape index (κ1) is 16.1. The predicted molar refractivity (Wildman–Crippen MR) is 92.8 cm³/mol. The molecule has 0 amide bonds. The Balaban J connectivity index is 1.78. The van der Waals surface area contributed by atoms with E-state index >= 15 is 0 Å². The second-order valence-electron chi connectivity index (χ2n) is 5.73. The van der Waals surface area contributed by atoms with Crippen molar-refractivity contribution in [2.75, 3.05) is 0 Å². The van der Waals surface area contributed by atoms with Crippen LogP contribution in [0, 0.1) is 11.6 Å². The highest BCUT2D eigenvalue weighted by atomic mass is 32.1. The molecule has 4 heteroatoms. The van der Waals surface area contributed by atoms with Gasteiger partial charge in [0.2, 0.25) is 0 Å². The molecule has 0 fully saturated rings. The standard InChI is InChI=1S/C19H19F2NS/c1-2-3-4-5-6-13-7-9-14(10-8-13)19-22-18-16(23-19)12-11-15(20)17(18)21/h7-12H,2-6H2,1H3. The van der Waals surface area contributed by atoms with Crippen molar-refractivity contribution >= 4 is 21.6 Å². The van der Waals surface area contributed by atoms with Gasteiger partial charge in [0.1, 0.15) is 10.5 Å². The minimum Gasteiger partial charge on any atom is -0.233 e. The van der Waals surface area contributed by atoms with Crippen LogP contribution >= 0.6 is 11.3 Å². The van der Waals surface area contributed by atoms with Crippen molar-refractivity contribution in [2.24, 2.45) is 0 Å². The zero-order valence-electron chi connectivity index (χ0n) is 13.1. The second-order valence-corrected chi connectivity index (χ2v) is 6.77. The molecule has 0 N–H and O–H groups in total. The minimum atomic E-state index is -0.863. The molecule has 0 spiro atoms. The number of nitrogens with zero attached hydrogens (tertiary/aromatic N) is 1. The van der Waals surface area contributed by atoms with Crippen molar-refractivity contribution in [3.8, 4) is 10.6 Å². The van der Waals surface area contributed by atoms with Crippen LogP contribution in [0.15, 0.2) is 36.4 Å². The zero-order valence-corrected chi connectivity index (χ0v) is 13.9. The van der Waals surface area contributed by atoms with Gasteiger partial charge in [0.25, 0.3) is 0 Å². The lowest BCUT2D eigenvalue weighted by atomic mass is 10.0. The van der Waals surface area contributed by atoms with E-state index in [0.29, 0.717) is 4.70 Å². The maximum absolute atomic E-state index is 13.8. The molecule has 0 saturated carbocycles. The summed E-state index contributed by atoms with van der Waals surface area (Å²) in [5, 5.41) is 0.724. The molecule has 2 aromatic carbocycles. The Morgan fingerprint density at radius 2 is 1.74 bits per heavy atom. The highest BCUT2D eigenvalue weighted by molar-refractivity contribution is 7.21. The molecule has 0 unspecified atom stereocenters. The number of aryl methyl sites for hydroxylation is 1. The maximum atomic E-state index is 13.8. The largest absolute Gasteiger partial charge is 0.233 e. The summed E-state index contributed by atoms with van der Waals surface area (Å²) in [4.78, 5) is 4.26. The van der Waals surface area contributed by atoms with E-state index in [4.69, 9.17) is 0 Å². The predicted octanol–water partition coefficient (Wildman–Crippen LogP) is 6.36. The first-order valence-electron chi connectivity index (χ1n) is 8.03. The van der Waals surface area contributed by atoms with E-state index in [1.54, 1.807) is 6.07 Å². The summed E-state index contributed by atoms with van der Waals surface area (Å²) >= 11 is 1.39. The monoisotopic (exact) mass is 331 g/mol. The normalized spacial score (nSPS) is 11.3. The highest BCUT2D eigenvalue weighted by Crippen LogP contribution is 2.32. The lowest BCUT2D eigenvalue weighted by molar-refractivity contribution is 0.516. The summed E-state index contributed by atoms with van der Waals surface area (Å²) in [6.07, 6.45) is 6.08. The van der Waals surface area contributed by atoms with Gasteiger partial charge >= 0.3 is 0 Å². The Bertz CT molecular complexity index is 793. The average molecular weight is 331 g/mol. The number of aromatic nitrogens is 1. The van der Waals surface area contributed by atoms with E-state index < -0.39 is 11.6 Å². The number of fused-ring (bicyclic) bond motifs is 1. The quantitative estimate of drug-likeness (QED) is 0.479. The zero-order chi connectivity index (χ0) is 16.2. The van der Waals surface area contributed by atoms with Crippen LogP contribution in [0.3, 0.4) is 0 Å². The van der Waals surface area contributed by atoms with Crippen LogP contribution in [0.1, 0.15) is 38.2 Å². The third-order valence-corrected chi connectivity index (χ3v) is 5.04. The summed E-state index contributed by atoms with van der Waals surface area (Å²) in [7, 11) is 0. The van der Waals surface area contributed by atoms with Crippen molar-refractivity contribution in [2.45, 2.75) is 39.0 Å². The Morgan fingerprint density at radius 3 is 2.48 bits per heavy atom. The molecule has 120 valence electrons. The Labute approximate surface area is 139 Å². The fraction of sp³-hybridized carbons (Fsp3) is 0.316. The Morgan fingerprint density at radius 1 is 0.957 bits per heavy atom. The molecule has 0 bridgehead atoms. The number of rotatable bonds is 6. The van der Waals surface area contributed by atoms with E-state index in [0.717, 1.165) is 23.1 Å². The Hall–Kier alpha value is -1.81. The van der Waals surface area contributed by atoms with Crippen molar-refractivity contribution in [1.82, 2.24) is 4.98 Å². The van der Waals surface area contributed by atoms with Crippen molar-refractivity contribution in [3.05, 3.63) is 53.6 Å². The molecule has 0 radical (unpaired) electrons. The van der Waals surface area contributed by atoms with E-state index in [1.807, 2.05) is 12.1 Å². The molecular formula is C19H19F2NS. The molecule has 0 aliphatic carbocycles. The van der Waals surface area contributed by atoms with Crippen LogP contribution in [0.5, 0.6) is 0 Å². The molecule has 0 saturated heterocycles. The summed E-state index contributed by atoms with van der Waals surface area (Å²) < 4.78 is 27.7. The van der Waals surface area contributed by atoms with Crippen LogP contribution < -0.4 is 0 Å². The SMILES string of the molecule is CCCCCCc1ccc(-c2nc3c(F)c(F)ccc3s2)cc1. The van der Waals surface area contributed by atoms with Gasteiger partial charge in [0.05, 0.1) is 4.70 Å². The van der Waals surface area contributed by atoms with E-state index in [1.165, 1.54) is 42.6 Å². The smallest absolute Gasteiger partial charge is 0.185 e. The summed E-state index contributed by atoms with van der Waals surface area (Å²) in [5.41, 5.74) is 2.38. The van der Waals surface area contributed by atoms with Crippen molar-refractivity contribution in [3.63, 3.8) is 0 Å². The summed E-state index contributed by atoms with van der Waals surface area (Å²) in [6.45, 7) is 2.21. The lowest BCUT2D eigenvalue weighted by Gasteiger charge is -2.02. The van der Waals surface area contributed by atoms with E-state index in [9.17, 15) is 8.78 Å². The molecule has 3 rings (SSSR count). The summed E-state index contributed by atoms with van der Waals surface area (Å²) in [5.74, 6) is -1.71. The number of benzene rings is 2. The van der Waals surface area contributed by atoms with Gasteiger partial charge < -0.3 is 0 Å². The van der Waals surface area contributed by atoms with Crippen LogP contribution in [-0.4, -0.2) is 4.98 Å². The van der Waals surface area contributed by atoms with Crippen LogP contribution in [0.4, 0.5) is 8.78 Å². The van der Waals surface area contributed by atoms with Gasteiger partial charge in [-0.2, -0.15) is 0 Å². The number of hydrogen-bond donors (Lipinski definition) is 0. The molecule has 3 aromatic rings. The molecule has 0 aliphatic rings. The Kier molecular flexibility index (Phi) is 5.01. The number of unbranched alkanes of at least 4 members (excludes halogenated alkanes) is 3. The number of hydrogen-bond acceptors (Lipinski definition) is 2. The maximum Gasteiger partial charge on any atom is 0.185 e. The van der Waals surface area contributed by atoms with Crippen LogP contribution in [0.2, 0.25) is 0 Å². The molecule has 0 atom stereocenters. The topological polar surface area (TPSA) is 12.9 Å². The van der Waals surface area contributed by atoms with Gasteiger partial charge in [-0.15, -0.1) is 11.3 Å². The van der Waals surface area contributed by atoms with Gasteiger partial charge in [0.15, 0.2) is 11.6 Å². The highest BCUT2D eigenvalue weighted by Gasteiger charge is 2.13. The first-order valence-corrected chi connectivity index (χ1v) is 8.84. The van der Waals surface area contributed by atoms with Gasteiger partial charge in [-0.3, -0.25) is 0 Å². The molecule has 23 heavy (non-hydrogen) atoms. The number of thiazole rings is 1. The summed E-state index contributed by atoms with van der Waals surface area (Å²) in [6, 6.07) is 11.0. The van der Waals surface area contributed by atoms with Gasteiger partial charge in [-0.1, -0.05) is 50.5 Å². The first-order chi connectivity index (χ1) is 11.2. The fourth-order valence-electron chi connectivity index (χ4n) is 2.63. The van der Waals surface area contributed by atoms with Crippen molar-refractivity contribution < 1.29 is 8.78 Å². The minimum absolute atomic E-state index is 0.119. The van der Waals surface area contributed by atoms with Gasteiger partial charge in [-0.05, 0) is 30.5 Å². The molecule has 0 aliphatic heterocycles.